The highest BCUT2D eigenvalue weighted by molar-refractivity contribution is 5.76. The van der Waals surface area contributed by atoms with Gasteiger partial charge in [0.05, 0.1) is 0 Å². The topological polar surface area (TPSA) is 66.4 Å². The average Bonchev–Trinajstić information content (AvgIpc) is 2.28. The third-order valence-corrected chi connectivity index (χ3v) is 2.21. The monoisotopic (exact) mass is 243 g/mol. The van der Waals surface area contributed by atoms with Gasteiger partial charge in [0.1, 0.15) is 6.04 Å². The standard InChI is InChI=1S/C11H11F2NO3/c12-10(13)8-3-1-2-7(4-8)5-9(11(16)17)14-6-15/h1-4,6,9-10H,5H2,(H,14,15)(H,16,17). The molecule has 0 aromatic heterocycles. The largest absolute Gasteiger partial charge is 0.480 e. The Morgan fingerprint density at radius 2 is 2.18 bits per heavy atom. The van der Waals surface area contributed by atoms with Crippen molar-refractivity contribution in [2.45, 2.75) is 18.9 Å². The molecule has 0 bridgehead atoms. The number of carbonyl (C=O) groups excluding carboxylic acids is 1. The van der Waals surface area contributed by atoms with Crippen LogP contribution in [0.2, 0.25) is 0 Å². The van der Waals surface area contributed by atoms with E-state index in [0.717, 1.165) is 0 Å². The molecular formula is C11H11F2NO3. The summed E-state index contributed by atoms with van der Waals surface area (Å²) in [5.41, 5.74) is 0.266. The minimum absolute atomic E-state index is 0.0331. The van der Waals surface area contributed by atoms with Gasteiger partial charge in [-0.3, -0.25) is 4.79 Å². The number of amides is 1. The number of hydrogen-bond acceptors (Lipinski definition) is 2. The normalized spacial score (nSPS) is 12.2. The SMILES string of the molecule is O=CNC(Cc1cccc(C(F)F)c1)C(=O)O. The Morgan fingerprint density at radius 1 is 1.47 bits per heavy atom. The molecule has 0 heterocycles. The van der Waals surface area contributed by atoms with Crippen molar-refractivity contribution >= 4 is 12.4 Å². The second kappa shape index (κ2) is 5.93. The lowest BCUT2D eigenvalue weighted by Crippen LogP contribution is -2.37. The van der Waals surface area contributed by atoms with Crippen LogP contribution in [0.5, 0.6) is 0 Å². The van der Waals surface area contributed by atoms with Crippen molar-refractivity contribution in [3.05, 3.63) is 35.4 Å². The molecule has 0 saturated heterocycles. The summed E-state index contributed by atoms with van der Waals surface area (Å²) in [6, 6.07) is 4.34. The van der Waals surface area contributed by atoms with E-state index < -0.39 is 18.4 Å². The van der Waals surface area contributed by atoms with Crippen molar-refractivity contribution in [3.8, 4) is 0 Å². The zero-order valence-electron chi connectivity index (χ0n) is 8.77. The summed E-state index contributed by atoms with van der Waals surface area (Å²) in [5.74, 6) is -1.21. The highest BCUT2D eigenvalue weighted by Crippen LogP contribution is 2.20. The van der Waals surface area contributed by atoms with Gasteiger partial charge in [-0.15, -0.1) is 0 Å². The van der Waals surface area contributed by atoms with Gasteiger partial charge in [-0.05, 0) is 5.56 Å². The summed E-state index contributed by atoms with van der Waals surface area (Å²) in [6.07, 6.45) is -2.36. The van der Waals surface area contributed by atoms with Crippen LogP contribution in [-0.4, -0.2) is 23.5 Å². The van der Waals surface area contributed by atoms with Crippen molar-refractivity contribution in [3.63, 3.8) is 0 Å². The zero-order chi connectivity index (χ0) is 12.8. The first-order valence-electron chi connectivity index (χ1n) is 4.84. The second-order valence-electron chi connectivity index (χ2n) is 3.43. The van der Waals surface area contributed by atoms with Crippen LogP contribution in [0.1, 0.15) is 17.6 Å². The molecule has 2 N–H and O–H groups in total. The molecule has 92 valence electrons. The molecule has 4 nitrogen and oxygen atoms in total. The van der Waals surface area contributed by atoms with Crippen molar-refractivity contribution in [1.82, 2.24) is 5.32 Å². The lowest BCUT2D eigenvalue weighted by Gasteiger charge is -2.11. The van der Waals surface area contributed by atoms with Gasteiger partial charge >= 0.3 is 5.97 Å². The maximum absolute atomic E-state index is 12.4. The van der Waals surface area contributed by atoms with Crippen molar-refractivity contribution in [1.29, 1.82) is 0 Å². The molecule has 17 heavy (non-hydrogen) atoms. The molecule has 1 aromatic rings. The molecule has 1 atom stereocenters. The molecule has 1 aromatic carbocycles. The van der Waals surface area contributed by atoms with Crippen molar-refractivity contribution in [2.24, 2.45) is 0 Å². The molecule has 1 amide bonds. The summed E-state index contributed by atoms with van der Waals surface area (Å²) < 4.78 is 24.8. The van der Waals surface area contributed by atoms with Crippen LogP contribution in [-0.2, 0) is 16.0 Å². The fourth-order valence-electron chi connectivity index (χ4n) is 1.39. The second-order valence-corrected chi connectivity index (χ2v) is 3.43. The van der Waals surface area contributed by atoms with E-state index in [-0.39, 0.29) is 18.4 Å². The van der Waals surface area contributed by atoms with Gasteiger partial charge < -0.3 is 10.4 Å². The predicted octanol–water partition coefficient (Wildman–Crippen LogP) is 1.37. The molecule has 6 heteroatoms. The highest BCUT2D eigenvalue weighted by atomic mass is 19.3. The van der Waals surface area contributed by atoms with E-state index in [4.69, 9.17) is 5.11 Å². The van der Waals surface area contributed by atoms with E-state index in [9.17, 15) is 18.4 Å². The van der Waals surface area contributed by atoms with E-state index in [1.54, 1.807) is 0 Å². The van der Waals surface area contributed by atoms with Gasteiger partial charge in [-0.1, -0.05) is 24.3 Å². The van der Waals surface area contributed by atoms with Gasteiger partial charge in [-0.25, -0.2) is 13.6 Å². The number of carbonyl (C=O) groups is 2. The Kier molecular flexibility index (Phi) is 4.56. The zero-order valence-corrected chi connectivity index (χ0v) is 8.77. The maximum atomic E-state index is 12.4. The maximum Gasteiger partial charge on any atom is 0.326 e. The Bertz CT molecular complexity index is 409. The van der Waals surface area contributed by atoms with Gasteiger partial charge in [0, 0.05) is 12.0 Å². The van der Waals surface area contributed by atoms with Gasteiger partial charge in [0.15, 0.2) is 0 Å². The molecule has 0 fully saturated rings. The molecule has 0 aliphatic heterocycles. The Hall–Kier alpha value is -1.98. The van der Waals surface area contributed by atoms with Gasteiger partial charge in [-0.2, -0.15) is 0 Å². The van der Waals surface area contributed by atoms with Gasteiger partial charge in [0.2, 0.25) is 6.41 Å². The number of carboxylic acids is 1. The number of nitrogens with one attached hydrogen (secondary N) is 1. The Labute approximate surface area is 96.3 Å². The summed E-state index contributed by atoms with van der Waals surface area (Å²) in [7, 11) is 0. The minimum Gasteiger partial charge on any atom is -0.480 e. The molecule has 1 unspecified atom stereocenters. The van der Waals surface area contributed by atoms with E-state index >= 15 is 0 Å². The minimum atomic E-state index is -2.60. The van der Waals surface area contributed by atoms with Crippen LogP contribution >= 0.6 is 0 Å². The van der Waals surface area contributed by atoms with E-state index in [1.807, 2.05) is 0 Å². The van der Waals surface area contributed by atoms with Crippen LogP contribution in [0.3, 0.4) is 0 Å². The highest BCUT2D eigenvalue weighted by Gasteiger charge is 2.17. The summed E-state index contributed by atoms with van der Waals surface area (Å²) >= 11 is 0. The van der Waals surface area contributed by atoms with Crippen LogP contribution in [0.25, 0.3) is 0 Å². The van der Waals surface area contributed by atoms with E-state index in [2.05, 4.69) is 5.32 Å². The molecule has 0 aliphatic carbocycles. The van der Waals surface area contributed by atoms with Crippen LogP contribution < -0.4 is 5.32 Å². The van der Waals surface area contributed by atoms with E-state index in [0.29, 0.717) is 5.56 Å². The number of alkyl halides is 2. The lowest BCUT2D eigenvalue weighted by molar-refractivity contribution is -0.140. The first-order valence-corrected chi connectivity index (χ1v) is 4.84. The summed E-state index contributed by atoms with van der Waals surface area (Å²) in [4.78, 5) is 20.9. The summed E-state index contributed by atoms with van der Waals surface area (Å²) in [6.45, 7) is 0. The third-order valence-electron chi connectivity index (χ3n) is 2.21. The number of rotatable bonds is 6. The molecule has 0 aliphatic rings. The van der Waals surface area contributed by atoms with Crippen molar-refractivity contribution in [2.75, 3.05) is 0 Å². The van der Waals surface area contributed by atoms with Crippen LogP contribution in [0, 0.1) is 0 Å². The van der Waals surface area contributed by atoms with Crippen LogP contribution in [0.15, 0.2) is 24.3 Å². The quantitative estimate of drug-likeness (QED) is 0.741. The smallest absolute Gasteiger partial charge is 0.326 e. The predicted molar refractivity (Wildman–Crippen MR) is 55.7 cm³/mol. The number of aliphatic carboxylic acids is 1. The average molecular weight is 243 g/mol. The summed E-state index contributed by atoms with van der Waals surface area (Å²) in [5, 5.41) is 10.9. The van der Waals surface area contributed by atoms with E-state index in [1.165, 1.54) is 24.3 Å². The molecule has 1 rings (SSSR count). The molecular weight excluding hydrogens is 232 g/mol. The number of carboxylic acid groups (broad SMARTS) is 1. The first-order chi connectivity index (χ1) is 8.04. The Morgan fingerprint density at radius 3 is 2.71 bits per heavy atom. The number of halogens is 2. The lowest BCUT2D eigenvalue weighted by atomic mass is 10.0. The first kappa shape index (κ1) is 13.1. The molecule has 0 spiro atoms. The number of hydrogen-bond donors (Lipinski definition) is 2. The molecule has 0 saturated carbocycles. The number of benzene rings is 1. The van der Waals surface area contributed by atoms with Crippen LogP contribution in [0.4, 0.5) is 8.78 Å². The van der Waals surface area contributed by atoms with Gasteiger partial charge in [0.25, 0.3) is 6.43 Å². The fourth-order valence-corrected chi connectivity index (χ4v) is 1.39. The Balaban J connectivity index is 2.82. The molecule has 0 radical (unpaired) electrons. The fraction of sp³-hybridized carbons (Fsp3) is 0.273. The van der Waals surface area contributed by atoms with Crippen molar-refractivity contribution < 1.29 is 23.5 Å². The third kappa shape index (κ3) is 3.82.